The van der Waals surface area contributed by atoms with Crippen LogP contribution in [0.4, 0.5) is 13.2 Å². The van der Waals surface area contributed by atoms with E-state index in [9.17, 15) is 26.4 Å². The van der Waals surface area contributed by atoms with Crippen LogP contribution in [0, 0.1) is 0 Å². The molecule has 0 saturated heterocycles. The molecule has 0 radical (unpaired) electrons. The Balaban J connectivity index is 4.66. The van der Waals surface area contributed by atoms with Gasteiger partial charge in [0.1, 0.15) is 6.04 Å². The molecule has 0 spiro atoms. The summed E-state index contributed by atoms with van der Waals surface area (Å²) in [5, 5.41) is 10.7. The van der Waals surface area contributed by atoms with Crippen molar-refractivity contribution >= 4 is 27.7 Å². The van der Waals surface area contributed by atoms with Crippen LogP contribution in [0.3, 0.4) is 0 Å². The third-order valence-corrected chi connectivity index (χ3v) is 4.52. The number of sulfonamides is 1. The predicted molar refractivity (Wildman–Crippen MR) is 74.5 cm³/mol. The highest BCUT2D eigenvalue weighted by Crippen LogP contribution is 2.19. The van der Waals surface area contributed by atoms with E-state index in [1.165, 1.54) is 18.7 Å². The van der Waals surface area contributed by atoms with E-state index in [-0.39, 0.29) is 12.2 Å². The zero-order valence-corrected chi connectivity index (χ0v) is 13.2. The van der Waals surface area contributed by atoms with Gasteiger partial charge < -0.3 is 10.4 Å². The number of aliphatic hydroxyl groups excluding tert-OH is 1. The number of amides is 1. The highest BCUT2D eigenvalue weighted by molar-refractivity contribution is 7.98. The minimum absolute atomic E-state index is 0.133. The third kappa shape index (κ3) is 8.49. The van der Waals surface area contributed by atoms with E-state index in [1.807, 2.05) is 5.32 Å². The lowest BCUT2D eigenvalue weighted by atomic mass is 10.2. The second kappa shape index (κ2) is 8.81. The Morgan fingerprint density at radius 3 is 2.38 bits per heavy atom. The molecular weight excluding hydrogens is 333 g/mol. The van der Waals surface area contributed by atoms with Crippen molar-refractivity contribution in [3.63, 3.8) is 0 Å². The van der Waals surface area contributed by atoms with Gasteiger partial charge in [0.2, 0.25) is 15.9 Å². The fraction of sp³-hybridized carbons (Fsp3) is 0.900. The van der Waals surface area contributed by atoms with E-state index in [0.29, 0.717) is 5.75 Å². The van der Waals surface area contributed by atoms with Crippen molar-refractivity contribution in [1.82, 2.24) is 10.0 Å². The van der Waals surface area contributed by atoms with Crippen LogP contribution in [-0.4, -0.2) is 62.1 Å². The zero-order chi connectivity index (χ0) is 16.7. The Kier molecular flexibility index (Phi) is 8.59. The average Bonchev–Trinajstić information content (AvgIpc) is 2.39. The molecule has 21 heavy (non-hydrogen) atoms. The van der Waals surface area contributed by atoms with E-state index in [1.54, 1.807) is 6.26 Å². The number of carbonyl (C=O) groups excluding carboxylic acids is 1. The largest absolute Gasteiger partial charge is 0.416 e. The molecule has 11 heteroatoms. The molecule has 3 N–H and O–H groups in total. The molecule has 0 aromatic rings. The van der Waals surface area contributed by atoms with Gasteiger partial charge in [-0.05, 0) is 25.4 Å². The summed E-state index contributed by atoms with van der Waals surface area (Å²) in [5.74, 6) is -0.697. The highest BCUT2D eigenvalue weighted by Gasteiger charge is 2.38. The Labute approximate surface area is 125 Å². The molecule has 0 aliphatic carbocycles. The number of halogens is 3. The fourth-order valence-electron chi connectivity index (χ4n) is 1.22. The van der Waals surface area contributed by atoms with E-state index >= 15 is 0 Å². The van der Waals surface area contributed by atoms with E-state index in [2.05, 4.69) is 4.72 Å². The van der Waals surface area contributed by atoms with E-state index in [0.717, 1.165) is 0 Å². The molecule has 0 bridgehead atoms. The number of aliphatic hydroxyl groups is 1. The minimum Gasteiger partial charge on any atom is -0.382 e. The summed E-state index contributed by atoms with van der Waals surface area (Å²) < 4.78 is 61.4. The Morgan fingerprint density at radius 1 is 1.38 bits per heavy atom. The summed E-state index contributed by atoms with van der Waals surface area (Å²) in [7, 11) is -3.67. The molecular formula is C10H19F3N2O4S2. The quantitative estimate of drug-likeness (QED) is 0.547. The van der Waals surface area contributed by atoms with Gasteiger partial charge in [0, 0.05) is 0 Å². The molecule has 0 aromatic carbocycles. The first-order valence-electron chi connectivity index (χ1n) is 6.05. The molecule has 126 valence electrons. The van der Waals surface area contributed by atoms with Gasteiger partial charge in [0.05, 0.1) is 12.3 Å². The van der Waals surface area contributed by atoms with E-state index in [4.69, 9.17) is 5.11 Å². The van der Waals surface area contributed by atoms with Gasteiger partial charge >= 0.3 is 6.18 Å². The maximum absolute atomic E-state index is 12.1. The van der Waals surface area contributed by atoms with Crippen LogP contribution in [-0.2, 0) is 14.8 Å². The fourth-order valence-corrected chi connectivity index (χ4v) is 2.51. The number of nitrogens with one attached hydrogen (secondary N) is 2. The van der Waals surface area contributed by atoms with Crippen molar-refractivity contribution in [2.45, 2.75) is 31.7 Å². The van der Waals surface area contributed by atoms with Gasteiger partial charge in [-0.25, -0.2) is 13.1 Å². The van der Waals surface area contributed by atoms with Crippen LogP contribution in [0.25, 0.3) is 0 Å². The lowest BCUT2D eigenvalue weighted by molar-refractivity contribution is -0.201. The molecule has 6 nitrogen and oxygen atoms in total. The zero-order valence-electron chi connectivity index (χ0n) is 11.6. The number of hydrogen-bond acceptors (Lipinski definition) is 5. The summed E-state index contributed by atoms with van der Waals surface area (Å²) in [6.07, 6.45) is -5.65. The molecule has 0 aromatic heterocycles. The number of rotatable bonds is 9. The van der Waals surface area contributed by atoms with Crippen molar-refractivity contribution in [2.24, 2.45) is 0 Å². The first kappa shape index (κ1) is 20.5. The van der Waals surface area contributed by atoms with Gasteiger partial charge in [-0.3, -0.25) is 4.79 Å². The predicted octanol–water partition coefficient (Wildman–Crippen LogP) is 0.0868. The Morgan fingerprint density at radius 2 is 1.95 bits per heavy atom. The van der Waals surface area contributed by atoms with Crippen molar-refractivity contribution in [3.05, 3.63) is 0 Å². The second-order valence-electron chi connectivity index (χ2n) is 4.16. The summed E-state index contributed by atoms with van der Waals surface area (Å²) in [6.45, 7) is 0.352. The monoisotopic (exact) mass is 352 g/mol. The first-order valence-corrected chi connectivity index (χ1v) is 9.09. The first-order chi connectivity index (χ1) is 9.53. The van der Waals surface area contributed by atoms with Crippen molar-refractivity contribution in [3.8, 4) is 0 Å². The lowest BCUT2D eigenvalue weighted by Gasteiger charge is -2.20. The van der Waals surface area contributed by atoms with Crippen molar-refractivity contribution in [1.29, 1.82) is 0 Å². The molecule has 2 atom stereocenters. The number of carbonyl (C=O) groups is 1. The van der Waals surface area contributed by atoms with Crippen LogP contribution in [0.2, 0.25) is 0 Å². The maximum Gasteiger partial charge on any atom is 0.416 e. The lowest BCUT2D eigenvalue weighted by Crippen LogP contribution is -2.50. The SMILES string of the molecule is CCS(=O)(=O)NC(CCSC)C(=O)NCC(O)C(F)(F)F. The van der Waals surface area contributed by atoms with Crippen LogP contribution >= 0.6 is 11.8 Å². The molecule has 2 unspecified atom stereocenters. The molecule has 0 heterocycles. The minimum atomic E-state index is -4.84. The highest BCUT2D eigenvalue weighted by atomic mass is 32.2. The van der Waals surface area contributed by atoms with Gasteiger partial charge in [0.25, 0.3) is 0 Å². The summed E-state index contributed by atoms with van der Waals surface area (Å²) in [5.41, 5.74) is 0. The van der Waals surface area contributed by atoms with E-state index < -0.39 is 40.8 Å². The number of thioether (sulfide) groups is 1. The second-order valence-corrected chi connectivity index (χ2v) is 7.19. The van der Waals surface area contributed by atoms with Crippen LogP contribution in [0.5, 0.6) is 0 Å². The van der Waals surface area contributed by atoms with Gasteiger partial charge in [0.15, 0.2) is 6.10 Å². The topological polar surface area (TPSA) is 95.5 Å². The van der Waals surface area contributed by atoms with Crippen LogP contribution in [0.1, 0.15) is 13.3 Å². The molecule has 0 aliphatic heterocycles. The normalized spacial score (nSPS) is 15.5. The number of alkyl halides is 3. The molecule has 1 amide bonds. The molecule has 0 aliphatic rings. The van der Waals surface area contributed by atoms with Gasteiger partial charge in [-0.15, -0.1) is 0 Å². The Bertz CT molecular complexity index is 429. The van der Waals surface area contributed by atoms with Crippen molar-refractivity contribution < 1.29 is 31.5 Å². The average molecular weight is 352 g/mol. The molecule has 0 saturated carbocycles. The smallest absolute Gasteiger partial charge is 0.382 e. The van der Waals surface area contributed by atoms with Crippen LogP contribution in [0.15, 0.2) is 0 Å². The Hall–Kier alpha value is -0.520. The molecule has 0 rings (SSSR count). The third-order valence-electron chi connectivity index (χ3n) is 2.48. The summed E-state index contributed by atoms with van der Waals surface area (Å²) in [6, 6.07) is -1.16. The summed E-state index contributed by atoms with van der Waals surface area (Å²) in [4.78, 5) is 11.7. The van der Waals surface area contributed by atoms with Crippen molar-refractivity contribution in [2.75, 3.05) is 24.3 Å². The number of hydrogen-bond donors (Lipinski definition) is 3. The maximum atomic E-state index is 12.1. The summed E-state index contributed by atoms with van der Waals surface area (Å²) >= 11 is 1.37. The van der Waals surface area contributed by atoms with Crippen LogP contribution < -0.4 is 10.0 Å². The van der Waals surface area contributed by atoms with Gasteiger partial charge in [-0.1, -0.05) is 0 Å². The standard InChI is InChI=1S/C10H19F3N2O4S2/c1-3-21(18,19)15-7(4-5-20-2)9(17)14-6-8(16)10(11,12)13/h7-8,15-16H,3-6H2,1-2H3,(H,14,17). The van der Waals surface area contributed by atoms with Gasteiger partial charge in [-0.2, -0.15) is 24.9 Å². The molecule has 0 fully saturated rings.